The maximum absolute atomic E-state index is 11.6. The molecule has 4 N–H and O–H groups in total. The van der Waals surface area contributed by atoms with Crippen LogP contribution in [0.5, 0.6) is 5.88 Å². The predicted octanol–water partition coefficient (Wildman–Crippen LogP) is 2.42. The van der Waals surface area contributed by atoms with Gasteiger partial charge in [-0.1, -0.05) is 31.5 Å². The number of imidazole rings is 1. The van der Waals surface area contributed by atoms with E-state index in [1.165, 1.54) is 0 Å². The Bertz CT molecular complexity index is 1550. The minimum Gasteiger partial charge on any atom is -0.493 e. The smallest absolute Gasteiger partial charge is 0.326 e. The van der Waals surface area contributed by atoms with Crippen LogP contribution in [0.3, 0.4) is 0 Å². The van der Waals surface area contributed by atoms with Crippen molar-refractivity contribution >= 4 is 34.8 Å². The lowest BCUT2D eigenvalue weighted by Gasteiger charge is -2.31. The summed E-state index contributed by atoms with van der Waals surface area (Å²) in [5.74, 6) is 0.986. The highest BCUT2D eigenvalue weighted by atomic mass is 35.5. The number of aromatic nitrogens is 5. The van der Waals surface area contributed by atoms with Crippen LogP contribution in [0.15, 0.2) is 46.3 Å². The second kappa shape index (κ2) is 10.2. The molecule has 0 bridgehead atoms. The number of hydrogen-bond donors (Lipinski definition) is 4. The third-order valence-corrected chi connectivity index (χ3v) is 6.34. The summed E-state index contributed by atoms with van der Waals surface area (Å²) in [6.45, 7) is 7.63. The molecule has 0 atom stereocenters. The Hall–Kier alpha value is -3.63. The van der Waals surface area contributed by atoms with Crippen LogP contribution < -0.4 is 21.7 Å². The molecule has 1 aliphatic heterocycles. The van der Waals surface area contributed by atoms with Crippen molar-refractivity contribution in [2.24, 2.45) is 10.9 Å². The number of H-pyrrole nitrogens is 2. The molecular weight excluding hydrogens is 480 g/mol. The average molecular weight is 509 g/mol. The number of halogens is 1. The zero-order valence-corrected chi connectivity index (χ0v) is 21.0. The Labute approximate surface area is 212 Å². The molecule has 1 aliphatic rings. The lowest BCUT2D eigenvalue weighted by Crippen LogP contribution is -2.38. The van der Waals surface area contributed by atoms with Gasteiger partial charge in [0, 0.05) is 41.6 Å². The van der Waals surface area contributed by atoms with Crippen LogP contribution in [0, 0.1) is 5.92 Å². The fraction of sp³-hybridized carbons (Fsp3) is 0.360. The van der Waals surface area contributed by atoms with E-state index in [2.05, 4.69) is 39.1 Å². The molecule has 1 fully saturated rings. The van der Waals surface area contributed by atoms with Gasteiger partial charge in [0.05, 0.1) is 12.2 Å². The lowest BCUT2D eigenvalue weighted by molar-refractivity contribution is 0.192. The van der Waals surface area contributed by atoms with E-state index in [0.29, 0.717) is 33.1 Å². The first-order chi connectivity index (χ1) is 17.3. The first-order valence-corrected chi connectivity index (χ1v) is 12.4. The summed E-state index contributed by atoms with van der Waals surface area (Å²) in [5.41, 5.74) is 1.77. The minimum atomic E-state index is -0.494. The molecule has 0 amide bonds. The molecule has 0 unspecified atom stereocenters. The third-order valence-electron chi connectivity index (χ3n) is 6.11. The van der Waals surface area contributed by atoms with Gasteiger partial charge >= 0.3 is 5.69 Å². The van der Waals surface area contributed by atoms with E-state index in [0.717, 1.165) is 38.2 Å². The van der Waals surface area contributed by atoms with E-state index in [-0.39, 0.29) is 17.6 Å². The molecule has 5 rings (SSSR count). The number of aromatic amines is 2. The van der Waals surface area contributed by atoms with Gasteiger partial charge in [0.15, 0.2) is 11.1 Å². The largest absolute Gasteiger partial charge is 0.493 e. The summed E-state index contributed by atoms with van der Waals surface area (Å²) in [6, 6.07) is 9.46. The van der Waals surface area contributed by atoms with Crippen LogP contribution in [0.4, 0.5) is 11.5 Å². The van der Waals surface area contributed by atoms with Gasteiger partial charge in [0.2, 0.25) is 5.88 Å². The molecule has 0 spiro atoms. The number of likely N-dealkylation sites (tertiary alicyclic amines) is 1. The monoisotopic (exact) mass is 508 g/mol. The zero-order chi connectivity index (χ0) is 25.2. The summed E-state index contributed by atoms with van der Waals surface area (Å²) < 4.78 is 1.69. The maximum atomic E-state index is 11.6. The van der Waals surface area contributed by atoms with E-state index < -0.39 is 5.69 Å². The van der Waals surface area contributed by atoms with Crippen molar-refractivity contribution < 1.29 is 5.11 Å². The molecule has 10 nitrogen and oxygen atoms in total. The standard InChI is InChI=1S/C25H29ClN8O2/c1-15(2)14-33-8-6-18(7-9-33)29-22-12-21(28-19-5-3-4-17(26)11-19)31-23-16(13-27-34(22)23)10-20-24(35)32-25(36)30-20/h3-5,10-13,15,18,28,35H,6-9,14H2,1-2H3,(H2,30,32,36)/b16-10+,29-22?. The fourth-order valence-electron chi connectivity index (χ4n) is 4.52. The Morgan fingerprint density at radius 1 is 1.28 bits per heavy atom. The maximum Gasteiger partial charge on any atom is 0.326 e. The minimum absolute atomic E-state index is 0.180. The van der Waals surface area contributed by atoms with Crippen molar-refractivity contribution in [3.05, 3.63) is 68.4 Å². The predicted molar refractivity (Wildman–Crippen MR) is 139 cm³/mol. The number of hydrogen-bond acceptors (Lipinski definition) is 7. The quantitative estimate of drug-likeness (QED) is 0.317. The summed E-state index contributed by atoms with van der Waals surface area (Å²) in [7, 11) is 0. The van der Waals surface area contributed by atoms with Gasteiger partial charge in [-0.25, -0.2) is 9.78 Å². The molecule has 0 saturated carbocycles. The van der Waals surface area contributed by atoms with Gasteiger partial charge < -0.3 is 20.3 Å². The summed E-state index contributed by atoms with van der Waals surface area (Å²) in [4.78, 5) is 28.8. The number of aromatic hydroxyl groups is 1. The number of rotatable bonds is 6. The molecule has 188 valence electrons. The van der Waals surface area contributed by atoms with E-state index in [1.807, 2.05) is 30.3 Å². The molecule has 1 aromatic carbocycles. The third kappa shape index (κ3) is 5.44. The summed E-state index contributed by atoms with van der Waals surface area (Å²) in [6.07, 6.45) is 5.22. The molecule has 4 aromatic rings. The van der Waals surface area contributed by atoms with Crippen LogP contribution in [0.2, 0.25) is 5.02 Å². The molecule has 3 aromatic heterocycles. The lowest BCUT2D eigenvalue weighted by atomic mass is 10.0. The van der Waals surface area contributed by atoms with Gasteiger partial charge in [-0.15, -0.1) is 0 Å². The number of nitrogens with zero attached hydrogens (tertiary/aromatic N) is 5. The van der Waals surface area contributed by atoms with Gasteiger partial charge in [-0.2, -0.15) is 9.61 Å². The van der Waals surface area contributed by atoms with E-state index >= 15 is 0 Å². The number of fused-ring (bicyclic) bond motifs is 1. The van der Waals surface area contributed by atoms with Gasteiger partial charge in [0.25, 0.3) is 0 Å². The first kappa shape index (κ1) is 24.1. The molecule has 4 heterocycles. The highest BCUT2D eigenvalue weighted by molar-refractivity contribution is 6.30. The highest BCUT2D eigenvalue weighted by Crippen LogP contribution is 2.19. The normalized spacial score (nSPS) is 16.4. The Kier molecular flexibility index (Phi) is 6.80. The molecule has 36 heavy (non-hydrogen) atoms. The van der Waals surface area contributed by atoms with Crippen molar-refractivity contribution in [1.29, 1.82) is 0 Å². The molecule has 0 radical (unpaired) electrons. The van der Waals surface area contributed by atoms with Gasteiger partial charge in [0.1, 0.15) is 11.5 Å². The molecule has 1 saturated heterocycles. The molecule has 11 heteroatoms. The summed E-state index contributed by atoms with van der Waals surface area (Å²) in [5, 5.41) is 19.1. The van der Waals surface area contributed by atoms with E-state index in [4.69, 9.17) is 21.6 Å². The SMILES string of the molecule is CC(C)CN1CCC(N=c2cc(Nc3cccc(Cl)c3)nc3/c(=C/c4[nH]c(=O)[nH]c4O)cnn23)CC1. The number of piperidine rings is 1. The average Bonchev–Trinajstić information content (AvgIpc) is 3.37. The van der Waals surface area contributed by atoms with E-state index in [1.54, 1.807) is 16.8 Å². The molecule has 0 aliphatic carbocycles. The number of nitrogens with one attached hydrogen (secondary N) is 3. The van der Waals surface area contributed by atoms with Crippen LogP contribution in [-0.4, -0.2) is 60.2 Å². The Morgan fingerprint density at radius 2 is 2.08 bits per heavy atom. The Balaban J connectivity index is 1.56. The topological polar surface area (TPSA) is 127 Å². The van der Waals surface area contributed by atoms with Crippen molar-refractivity contribution in [1.82, 2.24) is 29.5 Å². The van der Waals surface area contributed by atoms with Crippen LogP contribution >= 0.6 is 11.6 Å². The summed E-state index contributed by atoms with van der Waals surface area (Å²) >= 11 is 6.17. The van der Waals surface area contributed by atoms with Gasteiger partial charge in [-0.3, -0.25) is 9.98 Å². The number of anilines is 2. The number of benzene rings is 1. The van der Waals surface area contributed by atoms with Crippen molar-refractivity contribution in [3.63, 3.8) is 0 Å². The highest BCUT2D eigenvalue weighted by Gasteiger charge is 2.19. The zero-order valence-electron chi connectivity index (χ0n) is 20.2. The van der Waals surface area contributed by atoms with Crippen LogP contribution in [0.1, 0.15) is 32.4 Å². The van der Waals surface area contributed by atoms with Gasteiger partial charge in [-0.05, 0) is 43.0 Å². The van der Waals surface area contributed by atoms with Crippen molar-refractivity contribution in [2.45, 2.75) is 32.7 Å². The first-order valence-electron chi connectivity index (χ1n) is 12.0. The second-order valence-electron chi connectivity index (χ2n) is 9.51. The fourth-order valence-corrected chi connectivity index (χ4v) is 4.71. The van der Waals surface area contributed by atoms with Crippen LogP contribution in [-0.2, 0) is 0 Å². The van der Waals surface area contributed by atoms with Crippen molar-refractivity contribution in [3.8, 4) is 5.88 Å². The molecular formula is C25H29ClN8O2. The van der Waals surface area contributed by atoms with Crippen LogP contribution in [0.25, 0.3) is 11.7 Å². The second-order valence-corrected chi connectivity index (χ2v) is 9.95. The van der Waals surface area contributed by atoms with E-state index in [9.17, 15) is 9.90 Å². The van der Waals surface area contributed by atoms with Crippen molar-refractivity contribution in [2.75, 3.05) is 25.0 Å². The Morgan fingerprint density at radius 3 is 2.78 bits per heavy atom.